The molecule has 15 heavy (non-hydrogen) atoms. The van der Waals surface area contributed by atoms with Crippen molar-refractivity contribution in [1.82, 2.24) is 15.3 Å². The number of halogens is 1. The van der Waals surface area contributed by atoms with Gasteiger partial charge in [-0.25, -0.2) is 4.98 Å². The summed E-state index contributed by atoms with van der Waals surface area (Å²) < 4.78 is 0. The molecule has 1 aromatic carbocycles. The maximum Gasteiger partial charge on any atom is 0.124 e. The van der Waals surface area contributed by atoms with Crippen molar-refractivity contribution >= 4 is 22.6 Å². The molecule has 1 atom stereocenters. The Labute approximate surface area is 93.9 Å². The van der Waals surface area contributed by atoms with E-state index in [0.29, 0.717) is 0 Å². The van der Waals surface area contributed by atoms with Gasteiger partial charge in [0.15, 0.2) is 0 Å². The van der Waals surface area contributed by atoms with Crippen molar-refractivity contribution in [1.29, 1.82) is 0 Å². The minimum absolute atomic E-state index is 0.237. The second kappa shape index (κ2) is 4.21. The van der Waals surface area contributed by atoms with E-state index in [1.807, 2.05) is 18.2 Å². The molecule has 0 fully saturated rings. The van der Waals surface area contributed by atoms with Crippen molar-refractivity contribution in [3.63, 3.8) is 0 Å². The van der Waals surface area contributed by atoms with Crippen molar-refractivity contribution in [2.45, 2.75) is 19.9 Å². The molecule has 3 nitrogen and oxygen atoms in total. The van der Waals surface area contributed by atoms with Crippen LogP contribution in [0.25, 0.3) is 11.0 Å². The molecule has 0 aliphatic rings. The van der Waals surface area contributed by atoms with E-state index in [1.165, 1.54) is 0 Å². The summed E-state index contributed by atoms with van der Waals surface area (Å²) in [6.45, 7) is 5.10. The van der Waals surface area contributed by atoms with Gasteiger partial charge in [0.1, 0.15) is 5.82 Å². The lowest BCUT2D eigenvalue weighted by atomic mass is 10.3. The number of aromatic amines is 1. The summed E-state index contributed by atoms with van der Waals surface area (Å²) in [5, 5.41) is 4.03. The summed E-state index contributed by atoms with van der Waals surface area (Å²) in [6, 6.07) is 5.92. The number of fused-ring (bicyclic) bond motifs is 1. The number of hydrogen-bond donors (Lipinski definition) is 2. The molecule has 0 aliphatic heterocycles. The highest BCUT2D eigenvalue weighted by Crippen LogP contribution is 2.19. The number of rotatable bonds is 3. The average molecular weight is 224 g/mol. The zero-order chi connectivity index (χ0) is 10.8. The Bertz CT molecular complexity index is 464. The van der Waals surface area contributed by atoms with E-state index < -0.39 is 0 Å². The third-order valence-electron chi connectivity index (χ3n) is 2.38. The van der Waals surface area contributed by atoms with Gasteiger partial charge in [0.2, 0.25) is 0 Å². The molecule has 2 N–H and O–H groups in total. The van der Waals surface area contributed by atoms with Gasteiger partial charge < -0.3 is 10.3 Å². The number of nitrogens with zero attached hydrogens (tertiary/aromatic N) is 1. The molecule has 1 aromatic heterocycles. The molecule has 1 unspecified atom stereocenters. The van der Waals surface area contributed by atoms with E-state index in [1.54, 1.807) is 0 Å². The van der Waals surface area contributed by atoms with Crippen LogP contribution in [0, 0.1) is 0 Å². The Balaban J connectivity index is 2.38. The Hall–Kier alpha value is -1.06. The molecule has 80 valence electrons. The van der Waals surface area contributed by atoms with Crippen LogP contribution in [-0.4, -0.2) is 16.5 Å². The first-order valence-corrected chi connectivity index (χ1v) is 5.47. The highest BCUT2D eigenvalue weighted by molar-refractivity contribution is 6.31. The first-order chi connectivity index (χ1) is 7.20. The van der Waals surface area contributed by atoms with Crippen molar-refractivity contribution in [2.24, 2.45) is 0 Å². The van der Waals surface area contributed by atoms with E-state index in [9.17, 15) is 0 Å². The van der Waals surface area contributed by atoms with Gasteiger partial charge >= 0.3 is 0 Å². The molecule has 2 rings (SSSR count). The highest BCUT2D eigenvalue weighted by Gasteiger charge is 2.09. The van der Waals surface area contributed by atoms with Crippen molar-refractivity contribution < 1.29 is 0 Å². The molecule has 4 heteroatoms. The number of nitrogens with one attached hydrogen (secondary N) is 2. The summed E-state index contributed by atoms with van der Waals surface area (Å²) in [6.07, 6.45) is 0. The molecule has 1 heterocycles. The van der Waals surface area contributed by atoms with Gasteiger partial charge in [-0.15, -0.1) is 0 Å². The molecule has 0 saturated carbocycles. The Morgan fingerprint density at radius 3 is 3.07 bits per heavy atom. The predicted octanol–water partition coefficient (Wildman–Crippen LogP) is 2.89. The van der Waals surface area contributed by atoms with Crippen molar-refractivity contribution in [3.8, 4) is 0 Å². The minimum Gasteiger partial charge on any atom is -0.341 e. The van der Waals surface area contributed by atoms with Crippen LogP contribution < -0.4 is 5.32 Å². The third kappa shape index (κ3) is 2.13. The van der Waals surface area contributed by atoms with Gasteiger partial charge in [-0.1, -0.05) is 18.5 Å². The molecular weight excluding hydrogens is 210 g/mol. The second-order valence-electron chi connectivity index (χ2n) is 3.56. The van der Waals surface area contributed by atoms with Crippen LogP contribution in [0.4, 0.5) is 0 Å². The molecule has 0 spiro atoms. The van der Waals surface area contributed by atoms with Gasteiger partial charge in [-0.05, 0) is 31.7 Å². The van der Waals surface area contributed by atoms with Crippen LogP contribution in [-0.2, 0) is 0 Å². The summed E-state index contributed by atoms with van der Waals surface area (Å²) in [7, 11) is 0. The monoisotopic (exact) mass is 223 g/mol. The van der Waals surface area contributed by atoms with E-state index in [4.69, 9.17) is 11.6 Å². The number of benzene rings is 1. The van der Waals surface area contributed by atoms with Gasteiger partial charge in [-0.3, -0.25) is 0 Å². The molecule has 0 amide bonds. The van der Waals surface area contributed by atoms with Crippen LogP contribution in [0.5, 0.6) is 0 Å². The van der Waals surface area contributed by atoms with Crippen molar-refractivity contribution in [2.75, 3.05) is 6.54 Å². The second-order valence-corrected chi connectivity index (χ2v) is 4.00. The van der Waals surface area contributed by atoms with Gasteiger partial charge in [0.05, 0.1) is 17.1 Å². The van der Waals surface area contributed by atoms with Gasteiger partial charge in [0, 0.05) is 5.02 Å². The topological polar surface area (TPSA) is 40.7 Å². The summed E-state index contributed by atoms with van der Waals surface area (Å²) >= 11 is 5.90. The minimum atomic E-state index is 0.237. The molecule has 2 aromatic rings. The standard InChI is InChI=1S/C11H14ClN3/c1-3-13-7(2)11-14-9-5-4-8(12)6-10(9)15-11/h4-7,13H,3H2,1-2H3,(H,14,15). The van der Waals surface area contributed by atoms with E-state index in [2.05, 4.69) is 29.1 Å². The highest BCUT2D eigenvalue weighted by atomic mass is 35.5. The number of hydrogen-bond acceptors (Lipinski definition) is 2. The van der Waals surface area contributed by atoms with Crippen LogP contribution in [0.1, 0.15) is 25.7 Å². The smallest absolute Gasteiger partial charge is 0.124 e. The fourth-order valence-corrected chi connectivity index (χ4v) is 1.77. The molecule has 0 bridgehead atoms. The number of H-pyrrole nitrogens is 1. The molecule has 0 radical (unpaired) electrons. The fraction of sp³-hybridized carbons (Fsp3) is 0.364. The SMILES string of the molecule is CCNC(C)c1nc2cc(Cl)ccc2[nH]1. The lowest BCUT2D eigenvalue weighted by molar-refractivity contribution is 0.573. The zero-order valence-corrected chi connectivity index (χ0v) is 9.60. The summed E-state index contributed by atoms with van der Waals surface area (Å²) in [5.74, 6) is 0.953. The first kappa shape index (κ1) is 10.5. The van der Waals surface area contributed by atoms with Crippen LogP contribution >= 0.6 is 11.6 Å². The molecule has 0 aliphatic carbocycles. The zero-order valence-electron chi connectivity index (χ0n) is 8.84. The largest absolute Gasteiger partial charge is 0.341 e. The maximum atomic E-state index is 5.90. The Morgan fingerprint density at radius 2 is 2.33 bits per heavy atom. The quantitative estimate of drug-likeness (QED) is 0.840. The third-order valence-corrected chi connectivity index (χ3v) is 2.62. The fourth-order valence-electron chi connectivity index (χ4n) is 1.61. The van der Waals surface area contributed by atoms with Crippen molar-refractivity contribution in [3.05, 3.63) is 29.0 Å². The Morgan fingerprint density at radius 1 is 1.53 bits per heavy atom. The molecular formula is C11H14ClN3. The maximum absolute atomic E-state index is 5.90. The normalized spacial score (nSPS) is 13.3. The van der Waals surface area contributed by atoms with E-state index in [-0.39, 0.29) is 6.04 Å². The number of aromatic nitrogens is 2. The lowest BCUT2D eigenvalue weighted by Crippen LogP contribution is -2.18. The first-order valence-electron chi connectivity index (χ1n) is 5.09. The number of imidazole rings is 1. The molecule has 0 saturated heterocycles. The lowest BCUT2D eigenvalue weighted by Gasteiger charge is -2.07. The van der Waals surface area contributed by atoms with Gasteiger partial charge in [0.25, 0.3) is 0 Å². The van der Waals surface area contributed by atoms with Gasteiger partial charge in [-0.2, -0.15) is 0 Å². The predicted molar refractivity (Wildman–Crippen MR) is 63.2 cm³/mol. The Kier molecular flexibility index (Phi) is 2.93. The van der Waals surface area contributed by atoms with Crippen LogP contribution in [0.15, 0.2) is 18.2 Å². The van der Waals surface area contributed by atoms with E-state index in [0.717, 1.165) is 28.4 Å². The summed E-state index contributed by atoms with van der Waals surface area (Å²) in [5.41, 5.74) is 1.95. The van der Waals surface area contributed by atoms with E-state index >= 15 is 0 Å². The van der Waals surface area contributed by atoms with Crippen LogP contribution in [0.3, 0.4) is 0 Å². The van der Waals surface area contributed by atoms with Crippen LogP contribution in [0.2, 0.25) is 5.02 Å². The average Bonchev–Trinajstić information content (AvgIpc) is 2.60. The summed E-state index contributed by atoms with van der Waals surface area (Å²) in [4.78, 5) is 7.76.